The number of carboxylic acid groups (broad SMARTS) is 4. The molecule has 0 radical (unpaired) electrons. The van der Waals surface area contributed by atoms with Crippen LogP contribution in [0.25, 0.3) is 0 Å². The highest BCUT2D eigenvalue weighted by Crippen LogP contribution is 2.50. The van der Waals surface area contributed by atoms with Gasteiger partial charge in [0.2, 0.25) is 0 Å². The quantitative estimate of drug-likeness (QED) is 0.135. The number of aliphatic carboxylic acids is 4. The van der Waals surface area contributed by atoms with Crippen LogP contribution in [0.1, 0.15) is 13.8 Å². The predicted octanol–water partition coefficient (Wildman–Crippen LogP) is 2.91. The van der Waals surface area contributed by atoms with Gasteiger partial charge in [-0.3, -0.25) is 0 Å². The highest BCUT2D eigenvalue weighted by Gasteiger charge is 2.27. The summed E-state index contributed by atoms with van der Waals surface area (Å²) in [6.07, 6.45) is 1.88. The number of methoxy groups -OCH3 is 2. The molecule has 0 saturated carbocycles. The van der Waals surface area contributed by atoms with Crippen LogP contribution in [0.15, 0.2) is 129 Å². The normalized spacial score (nSPS) is 13.1. The van der Waals surface area contributed by atoms with Gasteiger partial charge < -0.3 is 59.1 Å². The molecule has 14 nitrogen and oxygen atoms in total. The number of rotatable bonds is 14. The Morgan fingerprint density at radius 1 is 0.581 bits per heavy atom. The predicted molar refractivity (Wildman–Crippen MR) is 238 cm³/mol. The first kappa shape index (κ1) is 50.4. The van der Waals surface area contributed by atoms with Crippen LogP contribution in [0.5, 0.6) is 11.5 Å². The summed E-state index contributed by atoms with van der Waals surface area (Å²) in [6, 6.07) is 30.1. The molecule has 332 valence electrons. The minimum Gasteiger partial charge on any atom is -0.545 e. The van der Waals surface area contributed by atoms with Gasteiger partial charge in [0.15, 0.2) is 0 Å². The van der Waals surface area contributed by atoms with Crippen LogP contribution in [-0.2, 0) is 19.2 Å². The lowest BCUT2D eigenvalue weighted by Crippen LogP contribution is -3.06. The first-order chi connectivity index (χ1) is 29.4. The maximum atomic E-state index is 9.53. The second-order valence-corrected chi connectivity index (χ2v) is 17.2. The SMILES string of the molecule is COc1ccc2c(c1)N(C[C@H](C)C[NH+](C)C)c1ccccc1S2.COc1ccc2c(c1)N(C[C@H](C)C[NH+](C)C)c1ccccc1S2.O=C([O-])/C=C\C(=O)O.O=C([O-])/C=C\C(=O)O. The number of nitrogens with zero attached hydrogens (tertiary/aromatic N) is 2. The molecule has 2 aliphatic rings. The second-order valence-electron chi connectivity index (χ2n) is 15.0. The van der Waals surface area contributed by atoms with E-state index >= 15 is 0 Å². The fraction of sp³-hybridized carbons (Fsp3) is 0.304. The molecule has 4 aromatic rings. The van der Waals surface area contributed by atoms with Crippen LogP contribution in [0, 0.1) is 11.8 Å². The summed E-state index contributed by atoms with van der Waals surface area (Å²) in [5.41, 5.74) is 5.13. The first-order valence-corrected chi connectivity index (χ1v) is 21.3. The third kappa shape index (κ3) is 16.5. The molecule has 2 atom stereocenters. The van der Waals surface area contributed by atoms with E-state index in [9.17, 15) is 29.4 Å². The number of hydrogen-bond acceptors (Lipinski definition) is 12. The van der Waals surface area contributed by atoms with Crippen molar-refractivity contribution in [2.24, 2.45) is 11.8 Å². The maximum absolute atomic E-state index is 9.53. The number of carboxylic acids is 4. The highest BCUT2D eigenvalue weighted by atomic mass is 32.2. The molecule has 2 aliphatic heterocycles. The lowest BCUT2D eigenvalue weighted by atomic mass is 10.1. The number of para-hydroxylation sites is 2. The van der Waals surface area contributed by atoms with E-state index in [1.165, 1.54) is 52.1 Å². The summed E-state index contributed by atoms with van der Waals surface area (Å²) < 4.78 is 10.9. The standard InChI is InChI=1S/2C19H24N2OS.2C4H4O4/c2*1-14(12-20(2)3)13-21-16-7-5-6-8-18(16)23-19-10-9-15(22-4)11-17(19)21;2*5-3(6)1-2-4(7)8/h2*5-11,14H,12-13H2,1-4H3;2*1-2H,(H,5,6)(H,7,8)/b;;2*2-1-/t2*14-;;/m11../s1. The van der Waals surface area contributed by atoms with Crippen molar-refractivity contribution in [3.63, 3.8) is 0 Å². The molecule has 0 saturated heterocycles. The minimum atomic E-state index is -1.51. The number of benzene rings is 4. The fourth-order valence-electron chi connectivity index (χ4n) is 6.69. The molecule has 0 fully saturated rings. The number of hydrogen-bond donors (Lipinski definition) is 4. The van der Waals surface area contributed by atoms with Crippen LogP contribution < -0.4 is 39.3 Å². The monoisotopic (exact) mass is 888 g/mol. The lowest BCUT2D eigenvalue weighted by Gasteiger charge is -2.34. The Bertz CT molecular complexity index is 2010. The fourth-order valence-corrected chi connectivity index (χ4v) is 8.84. The highest BCUT2D eigenvalue weighted by molar-refractivity contribution is 8.00. The van der Waals surface area contributed by atoms with Gasteiger partial charge in [0.25, 0.3) is 0 Å². The van der Waals surface area contributed by atoms with Gasteiger partial charge in [-0.1, -0.05) is 61.6 Å². The molecule has 0 unspecified atom stereocenters. The number of nitrogens with one attached hydrogen (secondary N) is 2. The van der Waals surface area contributed by atoms with E-state index in [1.807, 2.05) is 35.7 Å². The molecule has 0 aliphatic carbocycles. The summed E-state index contributed by atoms with van der Waals surface area (Å²) >= 11 is 3.69. The van der Waals surface area contributed by atoms with E-state index in [1.54, 1.807) is 14.2 Å². The summed E-state index contributed by atoms with van der Waals surface area (Å²) in [4.78, 5) is 51.1. The zero-order valence-electron chi connectivity index (χ0n) is 36.2. The van der Waals surface area contributed by atoms with Gasteiger partial charge in [-0.2, -0.15) is 0 Å². The van der Waals surface area contributed by atoms with E-state index in [4.69, 9.17) is 19.7 Å². The van der Waals surface area contributed by atoms with Crippen molar-refractivity contribution >= 4 is 70.2 Å². The van der Waals surface area contributed by atoms with E-state index in [0.29, 0.717) is 36.1 Å². The molecular formula is C46H56N4O10S2. The Morgan fingerprint density at radius 2 is 0.919 bits per heavy atom. The number of carbonyl (C=O) groups is 4. The molecule has 62 heavy (non-hydrogen) atoms. The van der Waals surface area contributed by atoms with Gasteiger partial charge in [0, 0.05) is 68.8 Å². The molecule has 6 rings (SSSR count). The number of fused-ring (bicyclic) bond motifs is 4. The largest absolute Gasteiger partial charge is 0.545 e. The number of ether oxygens (including phenoxy) is 2. The van der Waals surface area contributed by atoms with Crippen molar-refractivity contribution in [3.05, 3.63) is 109 Å². The molecular weight excluding hydrogens is 833 g/mol. The van der Waals surface area contributed by atoms with Crippen molar-refractivity contribution in [2.45, 2.75) is 33.4 Å². The van der Waals surface area contributed by atoms with E-state index in [-0.39, 0.29) is 0 Å². The third-order valence-corrected chi connectivity index (χ3v) is 11.2. The maximum Gasteiger partial charge on any atom is 0.328 e. The minimum absolute atomic E-state index is 0.447. The Balaban J connectivity index is 0.000000247. The lowest BCUT2D eigenvalue weighted by molar-refractivity contribution is -0.861. The smallest absolute Gasteiger partial charge is 0.328 e. The van der Waals surface area contributed by atoms with Gasteiger partial charge in [-0.25, -0.2) is 9.59 Å². The Morgan fingerprint density at radius 3 is 1.21 bits per heavy atom. The molecule has 0 spiro atoms. The van der Waals surface area contributed by atoms with Gasteiger partial charge in [0.05, 0.1) is 90.2 Å². The molecule has 2 heterocycles. The van der Waals surface area contributed by atoms with Gasteiger partial charge in [-0.05, 0) is 60.7 Å². The summed E-state index contributed by atoms with van der Waals surface area (Å²) in [6.45, 7) is 9.01. The molecule has 0 amide bonds. The van der Waals surface area contributed by atoms with Crippen LogP contribution >= 0.6 is 23.5 Å². The Labute approximate surface area is 372 Å². The van der Waals surface area contributed by atoms with Crippen molar-refractivity contribution < 1.29 is 58.9 Å². The summed E-state index contributed by atoms with van der Waals surface area (Å²) in [5.74, 6) is -2.56. The topological polar surface area (TPSA) is 189 Å². The molecule has 0 bridgehead atoms. The van der Waals surface area contributed by atoms with Crippen LogP contribution in [0.3, 0.4) is 0 Å². The van der Waals surface area contributed by atoms with Gasteiger partial charge in [-0.15, -0.1) is 0 Å². The van der Waals surface area contributed by atoms with Crippen molar-refractivity contribution in [1.29, 1.82) is 0 Å². The van der Waals surface area contributed by atoms with Gasteiger partial charge in [0.1, 0.15) is 11.5 Å². The Hall–Kier alpha value is -5.94. The zero-order valence-corrected chi connectivity index (χ0v) is 37.9. The van der Waals surface area contributed by atoms with Crippen molar-refractivity contribution in [1.82, 2.24) is 0 Å². The van der Waals surface area contributed by atoms with Gasteiger partial charge >= 0.3 is 11.9 Å². The summed E-state index contributed by atoms with van der Waals surface area (Å²) in [7, 11) is 12.3. The van der Waals surface area contributed by atoms with Crippen molar-refractivity contribution in [3.8, 4) is 11.5 Å². The average molecular weight is 889 g/mol. The second kappa shape index (κ2) is 25.1. The summed E-state index contributed by atoms with van der Waals surface area (Å²) in [5, 5.41) is 34.5. The van der Waals surface area contributed by atoms with E-state index < -0.39 is 23.9 Å². The van der Waals surface area contributed by atoms with Crippen molar-refractivity contribution in [2.75, 3.05) is 78.4 Å². The molecule has 0 aromatic heterocycles. The Kier molecular flexibility index (Phi) is 20.4. The van der Waals surface area contributed by atoms with Crippen LogP contribution in [0.2, 0.25) is 0 Å². The van der Waals surface area contributed by atoms with E-state index in [0.717, 1.165) is 37.7 Å². The zero-order chi connectivity index (χ0) is 45.9. The van der Waals surface area contributed by atoms with Crippen LogP contribution in [-0.4, -0.2) is 103 Å². The molecule has 4 N–H and O–H groups in total. The number of quaternary nitrogens is 2. The average Bonchev–Trinajstić information content (AvgIpc) is 3.22. The number of carbonyl (C=O) groups excluding carboxylic acids is 2. The third-order valence-electron chi connectivity index (χ3n) is 8.89. The number of anilines is 4. The van der Waals surface area contributed by atoms with Crippen LogP contribution in [0.4, 0.5) is 22.7 Å². The molecule has 16 heteroatoms. The first-order valence-electron chi connectivity index (χ1n) is 19.7. The molecule has 4 aromatic carbocycles. The van der Waals surface area contributed by atoms with E-state index in [2.05, 4.69) is 125 Å².